The van der Waals surface area contributed by atoms with Crippen LogP contribution in [0.25, 0.3) is 0 Å². The standard InChI is InChI=1S/C25H26FN3O5/c26-20-12-16(13-28-8-10-33-11-9-28)4-5-17(20)15-34-22-3-1-2-18-19(22)14-29(25(18)32)21-6-7-23(30)27-24(21)31/h1-5,12,21H,6-11,13-15H2,(H,27,30,31)/t21-/m0/s1/i1D,2D,3D,4D,5D,6D2,7D2,8D2,9D2,10D2,11D2,12D,13D2,14D2,15D2,21D. The van der Waals surface area contributed by atoms with Crippen LogP contribution in [0.15, 0.2) is 36.3 Å². The zero-order chi connectivity index (χ0) is 45.9. The van der Waals surface area contributed by atoms with E-state index in [-0.39, 0.29) is 0 Å². The van der Waals surface area contributed by atoms with Gasteiger partial charge in [-0.25, -0.2) is 4.39 Å². The number of halogens is 1. The van der Waals surface area contributed by atoms with Crippen LogP contribution in [-0.4, -0.2) is 59.7 Å². The molecule has 2 aromatic rings. The molecule has 34 heavy (non-hydrogen) atoms. The van der Waals surface area contributed by atoms with Gasteiger partial charge in [0.2, 0.25) is 11.8 Å². The number of fused-ring (bicyclic) bond motifs is 1. The summed E-state index contributed by atoms with van der Waals surface area (Å²) < 4.78 is 233. The van der Waals surface area contributed by atoms with Crippen molar-refractivity contribution in [3.63, 3.8) is 0 Å². The van der Waals surface area contributed by atoms with Crippen LogP contribution < -0.4 is 10.1 Å². The summed E-state index contributed by atoms with van der Waals surface area (Å²) in [5, 5.41) is 1.30. The average molecular weight is 493 g/mol. The molecule has 0 radical (unpaired) electrons. The van der Waals surface area contributed by atoms with E-state index >= 15 is 4.39 Å². The van der Waals surface area contributed by atoms with Gasteiger partial charge in [0.05, 0.1) is 40.2 Å². The molecule has 5 rings (SSSR count). The van der Waals surface area contributed by atoms with Crippen molar-refractivity contribution in [3.8, 4) is 5.75 Å². The first-order chi connectivity index (χ1) is 26.1. The van der Waals surface area contributed by atoms with Crippen LogP contribution in [0.2, 0.25) is 0 Å². The Kier molecular flexibility index (Phi) is 2.13. The molecule has 3 heterocycles. The Balaban J connectivity index is 1.73. The zero-order valence-electron chi connectivity index (χ0n) is 41.3. The van der Waals surface area contributed by atoms with Crippen LogP contribution >= 0.6 is 0 Å². The monoisotopic (exact) mass is 492 g/mol. The van der Waals surface area contributed by atoms with Crippen molar-refractivity contribution in [2.24, 2.45) is 0 Å². The molecule has 0 bridgehead atoms. The number of nitrogens with one attached hydrogen (secondary N) is 1. The summed E-state index contributed by atoms with van der Waals surface area (Å²) in [6.07, 6.45) is -7.99. The average Bonchev–Trinajstić information content (AvgIpc) is 3.26. The minimum Gasteiger partial charge on any atom is -0.488 e. The lowest BCUT2D eigenvalue weighted by molar-refractivity contribution is -0.136. The summed E-state index contributed by atoms with van der Waals surface area (Å²) in [6, 6.07) is -13.9. The Labute approximate surface area is 231 Å². The molecule has 1 atom stereocenters. The van der Waals surface area contributed by atoms with Crippen LogP contribution in [0.1, 0.15) is 74.1 Å². The number of morpholine rings is 1. The Morgan fingerprint density at radius 3 is 2.91 bits per heavy atom. The topological polar surface area (TPSA) is 88.2 Å². The van der Waals surface area contributed by atoms with E-state index in [9.17, 15) is 14.4 Å². The van der Waals surface area contributed by atoms with Crippen LogP contribution in [0.3, 0.4) is 0 Å². The van der Waals surface area contributed by atoms with Crippen molar-refractivity contribution in [1.29, 1.82) is 0 Å². The zero-order valence-corrected chi connectivity index (χ0v) is 16.3. The highest BCUT2D eigenvalue weighted by molar-refractivity contribution is 6.05. The van der Waals surface area contributed by atoms with E-state index in [0.29, 0.717) is 0 Å². The highest BCUT2D eigenvalue weighted by Crippen LogP contribution is 2.34. The molecule has 0 saturated carbocycles. The lowest BCUT2D eigenvalue weighted by Gasteiger charge is -2.29. The third kappa shape index (κ3) is 4.53. The Morgan fingerprint density at radius 2 is 2.09 bits per heavy atom. The van der Waals surface area contributed by atoms with Gasteiger partial charge in [-0.2, -0.15) is 0 Å². The van der Waals surface area contributed by atoms with Crippen LogP contribution in [0.4, 0.5) is 4.39 Å². The molecule has 0 aliphatic carbocycles. The van der Waals surface area contributed by atoms with E-state index in [2.05, 4.69) is 4.74 Å². The van der Waals surface area contributed by atoms with Crippen molar-refractivity contribution in [2.45, 2.75) is 38.3 Å². The molecule has 0 aromatic heterocycles. The van der Waals surface area contributed by atoms with Gasteiger partial charge in [-0.1, -0.05) is 18.1 Å². The molecule has 0 spiro atoms. The largest absolute Gasteiger partial charge is 0.488 e. The lowest BCUT2D eigenvalue weighted by Crippen LogP contribution is -2.52. The molecule has 8 nitrogen and oxygen atoms in total. The summed E-state index contributed by atoms with van der Waals surface area (Å²) >= 11 is 0. The highest BCUT2D eigenvalue weighted by Gasteiger charge is 2.40. The molecular weight excluding hydrogens is 441 g/mol. The first-order valence-electron chi connectivity index (χ1n) is 21.5. The molecule has 9 heteroatoms. The van der Waals surface area contributed by atoms with Gasteiger partial charge in [-0.3, -0.25) is 24.6 Å². The summed E-state index contributed by atoms with van der Waals surface area (Å²) in [7, 11) is 0. The third-order valence-electron chi connectivity index (χ3n) is 4.10. The fourth-order valence-electron chi connectivity index (χ4n) is 2.66. The van der Waals surface area contributed by atoms with Gasteiger partial charge in [0.1, 0.15) is 24.1 Å². The van der Waals surface area contributed by atoms with E-state index in [1.165, 1.54) is 5.32 Å². The maximum atomic E-state index is 16.3. The number of hydrogen-bond donors (Lipinski definition) is 1. The number of nitrogens with zero attached hydrogens (tertiary/aromatic N) is 2. The smallest absolute Gasteiger partial charge is 0.255 e. The van der Waals surface area contributed by atoms with Crippen molar-refractivity contribution >= 4 is 17.7 Å². The number of ether oxygens (including phenoxy) is 2. The predicted molar refractivity (Wildman–Crippen MR) is 119 cm³/mol. The van der Waals surface area contributed by atoms with Crippen molar-refractivity contribution in [2.75, 3.05) is 26.1 Å². The molecule has 3 aliphatic rings. The van der Waals surface area contributed by atoms with Crippen molar-refractivity contribution in [1.82, 2.24) is 15.1 Å². The van der Waals surface area contributed by atoms with E-state index in [1.807, 2.05) is 0 Å². The van der Waals surface area contributed by atoms with Crippen LogP contribution in [-0.2, 0) is 33.9 Å². The lowest BCUT2D eigenvalue weighted by atomic mass is 10.0. The fraction of sp³-hybridized carbons (Fsp3) is 0.400. The highest BCUT2D eigenvalue weighted by atomic mass is 19.1. The van der Waals surface area contributed by atoms with Crippen LogP contribution in [0, 0.1) is 5.82 Å². The van der Waals surface area contributed by atoms with Gasteiger partial charge in [-0.05, 0) is 30.1 Å². The van der Waals surface area contributed by atoms with Gasteiger partial charge in [-0.15, -0.1) is 0 Å². The van der Waals surface area contributed by atoms with E-state index < -0.39 is 162 Å². The van der Waals surface area contributed by atoms with Crippen molar-refractivity contribution < 1.29 is 62.5 Å². The Morgan fingerprint density at radius 1 is 1.26 bits per heavy atom. The Hall–Kier alpha value is -3.30. The number of benzene rings is 2. The molecule has 2 aromatic carbocycles. The molecule has 3 amide bonds. The van der Waals surface area contributed by atoms with Gasteiger partial charge < -0.3 is 14.4 Å². The number of carbonyl (C=O) groups excluding carboxylic acids is 3. The fourth-order valence-corrected chi connectivity index (χ4v) is 2.66. The second-order valence-electron chi connectivity index (χ2n) is 6.21. The van der Waals surface area contributed by atoms with Gasteiger partial charge in [0.15, 0.2) is 0 Å². The molecule has 2 saturated heterocycles. The number of piperidine rings is 1. The van der Waals surface area contributed by atoms with Crippen molar-refractivity contribution in [3.05, 3.63) is 64.3 Å². The number of hydrogen-bond acceptors (Lipinski definition) is 6. The summed E-state index contributed by atoms with van der Waals surface area (Å²) in [4.78, 5) is 37.8. The van der Waals surface area contributed by atoms with E-state index in [1.54, 1.807) is 0 Å². The maximum Gasteiger partial charge on any atom is 0.255 e. The normalized spacial score (nSPS) is 45.0. The second kappa shape index (κ2) is 9.52. The minimum atomic E-state index is -4.18. The quantitative estimate of drug-likeness (QED) is 0.621. The van der Waals surface area contributed by atoms with Gasteiger partial charge in [0, 0.05) is 56.3 Å². The van der Waals surface area contributed by atoms with Gasteiger partial charge >= 0.3 is 0 Å². The maximum absolute atomic E-state index is 16.3. The number of imide groups is 1. The number of carbonyl (C=O) groups is 3. The molecule has 1 N–H and O–H groups in total. The predicted octanol–water partition coefficient (Wildman–Crippen LogP) is 2.00. The first kappa shape index (κ1) is 7.60. The second-order valence-corrected chi connectivity index (χ2v) is 6.21. The summed E-state index contributed by atoms with van der Waals surface area (Å²) in [5.41, 5.74) is -6.62. The molecule has 2 fully saturated rings. The van der Waals surface area contributed by atoms with Gasteiger partial charge in [0.25, 0.3) is 5.91 Å². The van der Waals surface area contributed by atoms with E-state index in [0.717, 1.165) is 0 Å². The molecule has 0 unspecified atom stereocenters. The summed E-state index contributed by atoms with van der Waals surface area (Å²) in [6.45, 7) is -28.2. The minimum absolute atomic E-state index is 0.603. The first-order valence-corrected chi connectivity index (χ1v) is 8.96. The Bertz CT molecular complexity index is 2200. The summed E-state index contributed by atoms with van der Waals surface area (Å²) in [5.74, 6) is -10.1. The number of amides is 3. The molecule has 3 aliphatic heterocycles. The SMILES string of the molecule is [2H]c1c([2H])c(OC([2H])([2H])c2c([2H])c([2H])c(C([2H])([2H])N3C([2H])([2H])C([2H])([2H])OC([2H])([2H])C3([2H])[2H])c([2H])c2F)c2c(c1[2H])C(=O)N([C@]1([2H])C(=O)NC(=O)C([2H])([2H])C1([2H])[2H])C2([2H])[2H]. The third-order valence-corrected chi connectivity index (χ3v) is 4.10. The van der Waals surface area contributed by atoms with Crippen LogP contribution in [0.5, 0.6) is 5.75 Å². The molecule has 178 valence electrons. The van der Waals surface area contributed by atoms with E-state index in [4.69, 9.17) is 39.0 Å². The number of rotatable bonds is 6. The molecular formula is C25H26FN3O5.